The molecule has 1 aromatic carbocycles. The lowest BCUT2D eigenvalue weighted by Gasteiger charge is -2.30. The predicted molar refractivity (Wildman–Crippen MR) is 97.7 cm³/mol. The maximum absolute atomic E-state index is 12.2. The molecule has 0 unspecified atom stereocenters. The molecule has 0 bridgehead atoms. The van der Waals surface area contributed by atoms with E-state index in [1.54, 1.807) is 11.0 Å². The van der Waals surface area contributed by atoms with Crippen molar-refractivity contribution >= 4 is 29.8 Å². The van der Waals surface area contributed by atoms with Crippen LogP contribution in [0, 0.1) is 5.92 Å². The fourth-order valence-electron chi connectivity index (χ4n) is 2.62. The lowest BCUT2D eigenvalue weighted by molar-refractivity contribution is -0.155. The first-order valence-electron chi connectivity index (χ1n) is 8.70. The molecule has 0 atom stereocenters. The first-order chi connectivity index (χ1) is 13.0. The first-order valence-corrected chi connectivity index (χ1v) is 8.70. The van der Waals surface area contributed by atoms with Crippen LogP contribution in [-0.4, -0.2) is 48.3 Å². The molecule has 3 amide bonds. The van der Waals surface area contributed by atoms with Gasteiger partial charge in [0.25, 0.3) is 5.91 Å². The minimum Gasteiger partial charge on any atom is -0.455 e. The molecule has 8 heteroatoms. The Morgan fingerprint density at radius 1 is 1.11 bits per heavy atom. The smallest absolute Gasteiger partial charge is 0.309 e. The van der Waals surface area contributed by atoms with Gasteiger partial charge in [-0.05, 0) is 24.5 Å². The summed E-state index contributed by atoms with van der Waals surface area (Å²) in [7, 11) is 0. The minimum atomic E-state index is -0.614. The summed E-state index contributed by atoms with van der Waals surface area (Å²) in [5, 5.41) is 0. The number of ether oxygens (including phenoxy) is 1. The van der Waals surface area contributed by atoms with Gasteiger partial charge in [0.2, 0.25) is 11.8 Å². The first kappa shape index (κ1) is 20.2. The highest BCUT2D eigenvalue weighted by Crippen LogP contribution is 2.19. The van der Waals surface area contributed by atoms with Gasteiger partial charge in [0.1, 0.15) is 0 Å². The Bertz CT molecular complexity index is 709. The van der Waals surface area contributed by atoms with Gasteiger partial charge in [-0.15, -0.1) is 0 Å². The third kappa shape index (κ3) is 6.93. The van der Waals surface area contributed by atoms with Crippen LogP contribution in [0.3, 0.4) is 0 Å². The van der Waals surface area contributed by atoms with Gasteiger partial charge in [0, 0.05) is 26.1 Å². The molecule has 0 saturated carbocycles. The van der Waals surface area contributed by atoms with E-state index in [2.05, 4.69) is 10.9 Å². The summed E-state index contributed by atoms with van der Waals surface area (Å²) in [4.78, 5) is 48.0. The second-order valence-corrected chi connectivity index (χ2v) is 6.18. The summed E-state index contributed by atoms with van der Waals surface area (Å²) in [6, 6.07) is 9.53. The number of likely N-dealkylation sites (tertiary alicyclic amines) is 1. The van der Waals surface area contributed by atoms with Gasteiger partial charge in [-0.3, -0.25) is 30.0 Å². The fraction of sp³-hybridized carbons (Fsp3) is 0.368. The van der Waals surface area contributed by atoms with Crippen LogP contribution in [0.25, 0.3) is 6.08 Å². The van der Waals surface area contributed by atoms with Crippen LogP contribution in [0.2, 0.25) is 0 Å². The molecular weight excluding hydrogens is 350 g/mol. The average molecular weight is 373 g/mol. The third-order valence-electron chi connectivity index (χ3n) is 4.08. The summed E-state index contributed by atoms with van der Waals surface area (Å²) >= 11 is 0. The summed E-state index contributed by atoms with van der Waals surface area (Å²) < 4.78 is 4.96. The van der Waals surface area contributed by atoms with Crippen LogP contribution in [0.1, 0.15) is 25.3 Å². The summed E-state index contributed by atoms with van der Waals surface area (Å²) in [5.41, 5.74) is 5.17. The Kier molecular flexibility index (Phi) is 7.54. The molecule has 0 aliphatic carbocycles. The van der Waals surface area contributed by atoms with Crippen LogP contribution < -0.4 is 10.9 Å². The monoisotopic (exact) mass is 373 g/mol. The molecule has 1 fully saturated rings. The topological polar surface area (TPSA) is 105 Å². The Labute approximate surface area is 157 Å². The van der Waals surface area contributed by atoms with E-state index < -0.39 is 24.4 Å². The molecule has 0 spiro atoms. The van der Waals surface area contributed by atoms with E-state index in [0.717, 1.165) is 5.56 Å². The van der Waals surface area contributed by atoms with Gasteiger partial charge in [-0.25, -0.2) is 0 Å². The van der Waals surface area contributed by atoms with Crippen molar-refractivity contribution in [3.63, 3.8) is 0 Å². The van der Waals surface area contributed by atoms with E-state index in [1.165, 1.54) is 13.0 Å². The molecular formula is C19H23N3O5. The van der Waals surface area contributed by atoms with Crippen molar-refractivity contribution in [1.29, 1.82) is 0 Å². The van der Waals surface area contributed by atoms with E-state index in [0.29, 0.717) is 25.9 Å². The molecule has 0 aromatic heterocycles. The number of esters is 1. The standard InChI is InChI=1S/C19H23N3O5/c1-14(23)20-21-17(24)13-27-19(26)16-9-11-22(12-10-16)18(25)8-7-15-5-3-2-4-6-15/h2-8,16H,9-13H2,1H3,(H,20,23)(H,21,24)/b8-7+. The lowest BCUT2D eigenvalue weighted by atomic mass is 9.97. The number of carbonyl (C=O) groups excluding carboxylic acids is 4. The lowest BCUT2D eigenvalue weighted by Crippen LogP contribution is -2.43. The number of hydrogen-bond donors (Lipinski definition) is 2. The molecule has 2 rings (SSSR count). The molecule has 144 valence electrons. The Balaban J connectivity index is 1.71. The Morgan fingerprint density at radius 3 is 2.41 bits per heavy atom. The van der Waals surface area contributed by atoms with Crippen molar-refractivity contribution in [3.05, 3.63) is 42.0 Å². The molecule has 1 aromatic rings. The second-order valence-electron chi connectivity index (χ2n) is 6.18. The highest BCUT2D eigenvalue weighted by molar-refractivity contribution is 5.92. The van der Waals surface area contributed by atoms with Crippen molar-refractivity contribution in [3.8, 4) is 0 Å². The number of piperidine rings is 1. The van der Waals surface area contributed by atoms with Gasteiger partial charge < -0.3 is 9.64 Å². The van der Waals surface area contributed by atoms with Gasteiger partial charge >= 0.3 is 5.97 Å². The van der Waals surface area contributed by atoms with E-state index in [-0.39, 0.29) is 11.8 Å². The highest BCUT2D eigenvalue weighted by atomic mass is 16.5. The SMILES string of the molecule is CC(=O)NNC(=O)COC(=O)C1CCN(C(=O)/C=C/c2ccccc2)CC1. The zero-order valence-corrected chi connectivity index (χ0v) is 15.1. The Morgan fingerprint density at radius 2 is 1.78 bits per heavy atom. The van der Waals surface area contributed by atoms with Crippen molar-refractivity contribution < 1.29 is 23.9 Å². The second kappa shape index (κ2) is 10.1. The average Bonchev–Trinajstić information content (AvgIpc) is 2.69. The minimum absolute atomic E-state index is 0.0969. The molecule has 1 aliphatic rings. The number of nitrogens with one attached hydrogen (secondary N) is 2. The Hall–Kier alpha value is -3.16. The normalized spacial score (nSPS) is 14.6. The van der Waals surface area contributed by atoms with Gasteiger partial charge in [0.15, 0.2) is 6.61 Å². The van der Waals surface area contributed by atoms with Crippen molar-refractivity contribution in [2.24, 2.45) is 5.92 Å². The van der Waals surface area contributed by atoms with Crippen LogP contribution in [-0.2, 0) is 23.9 Å². The van der Waals surface area contributed by atoms with Gasteiger partial charge in [-0.1, -0.05) is 30.3 Å². The largest absolute Gasteiger partial charge is 0.455 e. The van der Waals surface area contributed by atoms with E-state index in [1.807, 2.05) is 30.3 Å². The summed E-state index contributed by atoms with van der Waals surface area (Å²) in [6.45, 7) is 1.69. The number of hydrogen-bond acceptors (Lipinski definition) is 5. The zero-order valence-electron chi connectivity index (χ0n) is 15.1. The number of nitrogens with zero attached hydrogens (tertiary/aromatic N) is 1. The van der Waals surface area contributed by atoms with Crippen LogP contribution in [0.4, 0.5) is 0 Å². The number of amides is 3. The number of rotatable bonds is 5. The van der Waals surface area contributed by atoms with Crippen molar-refractivity contribution in [2.45, 2.75) is 19.8 Å². The summed E-state index contributed by atoms with van der Waals surface area (Å²) in [5.74, 6) is -1.95. The number of benzene rings is 1. The van der Waals surface area contributed by atoms with Crippen LogP contribution >= 0.6 is 0 Å². The predicted octanol–water partition coefficient (Wildman–Crippen LogP) is 0.649. The number of carbonyl (C=O) groups is 4. The molecule has 1 aliphatic heterocycles. The number of hydrazine groups is 1. The fourth-order valence-corrected chi connectivity index (χ4v) is 2.62. The molecule has 27 heavy (non-hydrogen) atoms. The quantitative estimate of drug-likeness (QED) is 0.448. The van der Waals surface area contributed by atoms with Crippen molar-refractivity contribution in [1.82, 2.24) is 15.8 Å². The highest BCUT2D eigenvalue weighted by Gasteiger charge is 2.28. The molecule has 2 N–H and O–H groups in total. The van der Waals surface area contributed by atoms with Crippen molar-refractivity contribution in [2.75, 3.05) is 19.7 Å². The van der Waals surface area contributed by atoms with Crippen LogP contribution in [0.5, 0.6) is 0 Å². The zero-order chi connectivity index (χ0) is 19.6. The maximum atomic E-state index is 12.2. The maximum Gasteiger partial charge on any atom is 0.309 e. The van der Waals surface area contributed by atoms with E-state index >= 15 is 0 Å². The van der Waals surface area contributed by atoms with E-state index in [4.69, 9.17) is 4.74 Å². The third-order valence-corrected chi connectivity index (χ3v) is 4.08. The van der Waals surface area contributed by atoms with Crippen LogP contribution in [0.15, 0.2) is 36.4 Å². The van der Waals surface area contributed by atoms with Gasteiger partial charge in [0.05, 0.1) is 5.92 Å². The molecule has 8 nitrogen and oxygen atoms in total. The molecule has 1 saturated heterocycles. The molecule has 0 radical (unpaired) electrons. The summed E-state index contributed by atoms with van der Waals surface area (Å²) in [6.07, 6.45) is 4.25. The van der Waals surface area contributed by atoms with Gasteiger partial charge in [-0.2, -0.15) is 0 Å². The molecule has 1 heterocycles. The van der Waals surface area contributed by atoms with E-state index in [9.17, 15) is 19.2 Å².